The van der Waals surface area contributed by atoms with Gasteiger partial charge in [0.15, 0.2) is 0 Å². The molecule has 0 bridgehead atoms. The van der Waals surface area contributed by atoms with Crippen LogP contribution >= 0.6 is 0 Å². The summed E-state index contributed by atoms with van der Waals surface area (Å²) in [7, 11) is 0. The maximum atomic E-state index is 11.9. The van der Waals surface area contributed by atoms with Crippen LogP contribution in [0.15, 0.2) is 4.52 Å². The highest BCUT2D eigenvalue weighted by molar-refractivity contribution is 5.83. The minimum atomic E-state index is -0.398. The third-order valence-corrected chi connectivity index (χ3v) is 2.78. The molecule has 1 aromatic heterocycles. The zero-order valence-electron chi connectivity index (χ0n) is 10.8. The minimum absolute atomic E-state index is 0.0694. The van der Waals surface area contributed by atoms with Crippen LogP contribution in [0.5, 0.6) is 0 Å². The number of rotatable bonds is 5. The van der Waals surface area contributed by atoms with Gasteiger partial charge in [0.25, 0.3) is 0 Å². The number of nitrogens with one attached hydrogen (secondary N) is 1. The number of aromatic nitrogens is 1. The van der Waals surface area contributed by atoms with Crippen LogP contribution < -0.4 is 5.32 Å². The van der Waals surface area contributed by atoms with Crippen molar-refractivity contribution in [1.82, 2.24) is 10.5 Å². The monoisotopic (exact) mass is 240 g/mol. The molecule has 0 radical (unpaired) electrons. The van der Waals surface area contributed by atoms with Gasteiger partial charge in [0.2, 0.25) is 5.91 Å². The Morgan fingerprint density at radius 3 is 2.59 bits per heavy atom. The standard InChI is InChI=1S/C12H20N2O3/c1-7(15)5-6-13-12(16)8(2)11-9(3)14-17-10(11)4/h7-8,15H,5-6H2,1-4H3,(H,13,16). The van der Waals surface area contributed by atoms with Crippen molar-refractivity contribution in [2.24, 2.45) is 0 Å². The van der Waals surface area contributed by atoms with Crippen LogP contribution in [0.3, 0.4) is 0 Å². The molecular formula is C12H20N2O3. The van der Waals surface area contributed by atoms with Crippen LogP contribution in [-0.4, -0.2) is 28.8 Å². The molecule has 1 amide bonds. The first-order valence-corrected chi connectivity index (χ1v) is 5.82. The van der Waals surface area contributed by atoms with E-state index in [1.807, 2.05) is 13.8 Å². The summed E-state index contributed by atoms with van der Waals surface area (Å²) < 4.78 is 5.04. The highest BCUT2D eigenvalue weighted by atomic mass is 16.5. The van der Waals surface area contributed by atoms with Gasteiger partial charge in [0.05, 0.1) is 17.7 Å². The lowest BCUT2D eigenvalue weighted by molar-refractivity contribution is -0.122. The molecule has 1 rings (SSSR count). The summed E-state index contributed by atoms with van der Waals surface area (Å²) in [6.07, 6.45) is 0.157. The average molecular weight is 240 g/mol. The van der Waals surface area contributed by atoms with Crippen molar-refractivity contribution in [1.29, 1.82) is 0 Å². The van der Waals surface area contributed by atoms with Gasteiger partial charge in [-0.1, -0.05) is 5.16 Å². The molecule has 0 aliphatic carbocycles. The van der Waals surface area contributed by atoms with Crippen molar-refractivity contribution in [2.45, 2.75) is 46.1 Å². The first-order valence-electron chi connectivity index (χ1n) is 5.82. The number of aryl methyl sites for hydroxylation is 2. The Morgan fingerprint density at radius 2 is 2.12 bits per heavy atom. The molecule has 0 spiro atoms. The number of aliphatic hydroxyl groups is 1. The molecule has 0 saturated heterocycles. The Morgan fingerprint density at radius 1 is 1.47 bits per heavy atom. The number of amides is 1. The fraction of sp³-hybridized carbons (Fsp3) is 0.667. The number of hydrogen-bond acceptors (Lipinski definition) is 4. The normalized spacial score (nSPS) is 14.4. The van der Waals surface area contributed by atoms with Crippen molar-refractivity contribution in [3.8, 4) is 0 Å². The molecular weight excluding hydrogens is 220 g/mol. The lowest BCUT2D eigenvalue weighted by atomic mass is 9.99. The third kappa shape index (κ3) is 3.56. The lowest BCUT2D eigenvalue weighted by Crippen LogP contribution is -2.30. The predicted molar refractivity (Wildman–Crippen MR) is 63.7 cm³/mol. The minimum Gasteiger partial charge on any atom is -0.393 e. The topological polar surface area (TPSA) is 75.4 Å². The van der Waals surface area contributed by atoms with Gasteiger partial charge in [-0.2, -0.15) is 0 Å². The number of carbonyl (C=O) groups is 1. The van der Waals surface area contributed by atoms with Crippen molar-refractivity contribution < 1.29 is 14.4 Å². The van der Waals surface area contributed by atoms with E-state index in [0.29, 0.717) is 18.7 Å². The van der Waals surface area contributed by atoms with E-state index in [0.717, 1.165) is 11.3 Å². The summed E-state index contributed by atoms with van der Waals surface area (Å²) in [5.74, 6) is 0.330. The SMILES string of the molecule is Cc1noc(C)c1C(C)C(=O)NCCC(C)O. The molecule has 0 fully saturated rings. The Hall–Kier alpha value is -1.36. The second-order valence-electron chi connectivity index (χ2n) is 4.39. The molecule has 1 heterocycles. The van der Waals surface area contributed by atoms with Gasteiger partial charge in [-0.05, 0) is 34.1 Å². The van der Waals surface area contributed by atoms with Gasteiger partial charge in [-0.15, -0.1) is 0 Å². The molecule has 1 aromatic rings. The highest BCUT2D eigenvalue weighted by Crippen LogP contribution is 2.22. The van der Waals surface area contributed by atoms with Crippen molar-refractivity contribution >= 4 is 5.91 Å². The van der Waals surface area contributed by atoms with E-state index < -0.39 is 6.10 Å². The Kier molecular flexibility index (Phi) is 4.69. The summed E-state index contributed by atoms with van der Waals surface area (Å²) in [5.41, 5.74) is 1.60. The van der Waals surface area contributed by atoms with Gasteiger partial charge in [0, 0.05) is 12.1 Å². The maximum absolute atomic E-state index is 11.9. The fourth-order valence-electron chi connectivity index (χ4n) is 1.80. The van der Waals surface area contributed by atoms with Crippen molar-refractivity contribution in [3.63, 3.8) is 0 Å². The quantitative estimate of drug-likeness (QED) is 0.813. The predicted octanol–water partition coefficient (Wildman–Crippen LogP) is 1.28. The van der Waals surface area contributed by atoms with E-state index in [-0.39, 0.29) is 11.8 Å². The zero-order chi connectivity index (χ0) is 13.0. The number of hydrogen-bond donors (Lipinski definition) is 2. The smallest absolute Gasteiger partial charge is 0.227 e. The molecule has 0 aliphatic heterocycles. The molecule has 96 valence electrons. The molecule has 5 heteroatoms. The number of aliphatic hydroxyl groups excluding tert-OH is 1. The molecule has 2 atom stereocenters. The van der Waals surface area contributed by atoms with Crippen molar-refractivity contribution in [3.05, 3.63) is 17.0 Å². The number of nitrogens with zero attached hydrogens (tertiary/aromatic N) is 1. The van der Waals surface area contributed by atoms with E-state index in [4.69, 9.17) is 9.63 Å². The van der Waals surface area contributed by atoms with Crippen LogP contribution in [0, 0.1) is 13.8 Å². The van der Waals surface area contributed by atoms with Crippen molar-refractivity contribution in [2.75, 3.05) is 6.54 Å². The van der Waals surface area contributed by atoms with Crippen LogP contribution in [0.1, 0.15) is 43.2 Å². The fourth-order valence-corrected chi connectivity index (χ4v) is 1.80. The summed E-state index contributed by atoms with van der Waals surface area (Å²) in [6, 6.07) is 0. The molecule has 0 aromatic carbocycles. The van der Waals surface area contributed by atoms with Gasteiger partial charge < -0.3 is 14.9 Å². The first kappa shape index (κ1) is 13.7. The molecule has 2 unspecified atom stereocenters. The average Bonchev–Trinajstić information content (AvgIpc) is 2.57. The van der Waals surface area contributed by atoms with Gasteiger partial charge in [-0.3, -0.25) is 4.79 Å². The summed E-state index contributed by atoms with van der Waals surface area (Å²) in [5, 5.41) is 15.7. The second-order valence-corrected chi connectivity index (χ2v) is 4.39. The van der Waals surface area contributed by atoms with E-state index in [9.17, 15) is 4.79 Å². The number of carbonyl (C=O) groups excluding carboxylic acids is 1. The maximum Gasteiger partial charge on any atom is 0.227 e. The van der Waals surface area contributed by atoms with Crippen LogP contribution in [-0.2, 0) is 4.79 Å². The van der Waals surface area contributed by atoms with Crippen LogP contribution in [0.2, 0.25) is 0 Å². The van der Waals surface area contributed by atoms with E-state index in [1.165, 1.54) is 0 Å². The Balaban J connectivity index is 2.58. The first-order chi connectivity index (χ1) is 7.93. The molecule has 0 aliphatic rings. The van der Waals surface area contributed by atoms with E-state index in [2.05, 4.69) is 10.5 Å². The summed E-state index contributed by atoms with van der Waals surface area (Å²) in [6.45, 7) is 7.62. The highest BCUT2D eigenvalue weighted by Gasteiger charge is 2.22. The van der Waals surface area contributed by atoms with Crippen LogP contribution in [0.25, 0.3) is 0 Å². The molecule has 2 N–H and O–H groups in total. The van der Waals surface area contributed by atoms with E-state index in [1.54, 1.807) is 13.8 Å². The van der Waals surface area contributed by atoms with Gasteiger partial charge in [0.1, 0.15) is 5.76 Å². The molecule has 5 nitrogen and oxygen atoms in total. The van der Waals surface area contributed by atoms with Gasteiger partial charge >= 0.3 is 0 Å². The van der Waals surface area contributed by atoms with Gasteiger partial charge in [-0.25, -0.2) is 0 Å². The Bertz CT molecular complexity index is 366. The largest absolute Gasteiger partial charge is 0.393 e. The molecule has 17 heavy (non-hydrogen) atoms. The summed E-state index contributed by atoms with van der Waals surface area (Å²) in [4.78, 5) is 11.9. The lowest BCUT2D eigenvalue weighted by Gasteiger charge is -2.12. The molecule has 0 saturated carbocycles. The second kappa shape index (κ2) is 5.82. The third-order valence-electron chi connectivity index (χ3n) is 2.78. The summed E-state index contributed by atoms with van der Waals surface area (Å²) >= 11 is 0. The van der Waals surface area contributed by atoms with E-state index >= 15 is 0 Å². The Labute approximate surface area is 101 Å². The van der Waals surface area contributed by atoms with Crippen LogP contribution in [0.4, 0.5) is 0 Å². The zero-order valence-corrected chi connectivity index (χ0v) is 10.8.